The third-order valence-electron chi connectivity index (χ3n) is 2.09. The average molecular weight is 129 g/mol. The molecule has 3 nitrogen and oxygen atoms in total. The van der Waals surface area contributed by atoms with E-state index >= 15 is 0 Å². The van der Waals surface area contributed by atoms with Crippen LogP contribution in [0.5, 0.6) is 0 Å². The van der Waals surface area contributed by atoms with Crippen LogP contribution in [0.2, 0.25) is 0 Å². The molecule has 0 aromatic rings. The molecule has 0 radical (unpaired) electrons. The summed E-state index contributed by atoms with van der Waals surface area (Å²) >= 11 is 0. The fourth-order valence-electron chi connectivity index (χ4n) is 1.50. The molecular weight excluding hydrogens is 118 g/mol. The van der Waals surface area contributed by atoms with E-state index in [0.29, 0.717) is 12.5 Å². The molecule has 0 unspecified atom stereocenters. The summed E-state index contributed by atoms with van der Waals surface area (Å²) < 4.78 is 10.5. The van der Waals surface area contributed by atoms with Gasteiger partial charge in [0.1, 0.15) is 0 Å². The van der Waals surface area contributed by atoms with Gasteiger partial charge in [0.2, 0.25) is 0 Å². The smallest absolute Gasteiger partial charge is 0.162 e. The molecule has 2 aliphatic rings. The largest absolute Gasteiger partial charge is 0.352 e. The molecule has 2 rings (SSSR count). The molecule has 0 aromatic carbocycles. The van der Waals surface area contributed by atoms with Crippen LogP contribution in [0.4, 0.5) is 0 Å². The van der Waals surface area contributed by atoms with Crippen molar-refractivity contribution in [3.05, 3.63) is 0 Å². The Morgan fingerprint density at radius 1 is 1.33 bits per heavy atom. The summed E-state index contributed by atoms with van der Waals surface area (Å²) in [6.07, 6.45) is 1.10. The lowest BCUT2D eigenvalue weighted by atomic mass is 10.0. The quantitative estimate of drug-likeness (QED) is 0.488. The lowest BCUT2D eigenvalue weighted by molar-refractivity contribution is -0.0905. The first-order valence-electron chi connectivity index (χ1n) is 3.37. The van der Waals surface area contributed by atoms with E-state index in [9.17, 15) is 0 Å². The number of rotatable bonds is 0. The van der Waals surface area contributed by atoms with Crippen molar-refractivity contribution in [3.8, 4) is 0 Å². The second-order valence-corrected chi connectivity index (χ2v) is 2.69. The van der Waals surface area contributed by atoms with Crippen LogP contribution in [0.3, 0.4) is 0 Å². The maximum Gasteiger partial charge on any atom is 0.162 e. The fraction of sp³-hybridized carbons (Fsp3) is 1.00. The number of hydrogen-bond donors (Lipinski definition) is 1. The predicted molar refractivity (Wildman–Crippen MR) is 31.8 cm³/mol. The maximum atomic E-state index is 5.71. The highest BCUT2D eigenvalue weighted by Gasteiger charge is 2.39. The van der Waals surface area contributed by atoms with Crippen LogP contribution >= 0.6 is 0 Å². The Morgan fingerprint density at radius 3 is 3.00 bits per heavy atom. The lowest BCUT2D eigenvalue weighted by Crippen LogP contribution is -2.28. The maximum absolute atomic E-state index is 5.71. The summed E-state index contributed by atoms with van der Waals surface area (Å²) in [7, 11) is 0. The number of hydrogen-bond acceptors (Lipinski definition) is 3. The van der Waals surface area contributed by atoms with Crippen molar-refractivity contribution in [2.75, 3.05) is 13.2 Å². The zero-order valence-electron chi connectivity index (χ0n) is 5.25. The monoisotopic (exact) mass is 129 g/mol. The van der Waals surface area contributed by atoms with Crippen molar-refractivity contribution < 1.29 is 9.47 Å². The fourth-order valence-corrected chi connectivity index (χ4v) is 1.50. The van der Waals surface area contributed by atoms with Crippen LogP contribution < -0.4 is 5.73 Å². The van der Waals surface area contributed by atoms with Crippen LogP contribution in [0, 0.1) is 5.92 Å². The van der Waals surface area contributed by atoms with Gasteiger partial charge in [0.15, 0.2) is 6.29 Å². The third-order valence-corrected chi connectivity index (χ3v) is 2.09. The van der Waals surface area contributed by atoms with Crippen molar-refractivity contribution in [2.24, 2.45) is 11.7 Å². The molecule has 52 valence electrons. The summed E-state index contributed by atoms with van der Waals surface area (Å²) in [4.78, 5) is 0. The van der Waals surface area contributed by atoms with Crippen LogP contribution in [0.15, 0.2) is 0 Å². The zero-order valence-corrected chi connectivity index (χ0v) is 5.25. The SMILES string of the molecule is N[C@@H]1CO[C@@H]2OCC[C@@H]21. The first-order chi connectivity index (χ1) is 4.38. The van der Waals surface area contributed by atoms with Gasteiger partial charge in [0.25, 0.3) is 0 Å². The van der Waals surface area contributed by atoms with E-state index in [2.05, 4.69) is 0 Å². The van der Waals surface area contributed by atoms with Gasteiger partial charge in [-0.2, -0.15) is 0 Å². The molecule has 0 saturated carbocycles. The molecule has 3 atom stereocenters. The van der Waals surface area contributed by atoms with E-state index in [0.717, 1.165) is 13.0 Å². The first-order valence-corrected chi connectivity index (χ1v) is 3.37. The molecule has 0 aromatic heterocycles. The van der Waals surface area contributed by atoms with Crippen molar-refractivity contribution >= 4 is 0 Å². The van der Waals surface area contributed by atoms with Crippen LogP contribution in [-0.2, 0) is 9.47 Å². The van der Waals surface area contributed by atoms with E-state index in [1.807, 2.05) is 0 Å². The van der Waals surface area contributed by atoms with Gasteiger partial charge in [0, 0.05) is 12.0 Å². The van der Waals surface area contributed by atoms with E-state index in [-0.39, 0.29) is 12.3 Å². The van der Waals surface area contributed by atoms with Crippen molar-refractivity contribution in [1.82, 2.24) is 0 Å². The van der Waals surface area contributed by atoms with Gasteiger partial charge in [-0.05, 0) is 6.42 Å². The third kappa shape index (κ3) is 0.764. The normalized spacial score (nSPS) is 49.7. The van der Waals surface area contributed by atoms with Gasteiger partial charge in [-0.15, -0.1) is 0 Å². The molecule has 2 aliphatic heterocycles. The Morgan fingerprint density at radius 2 is 2.22 bits per heavy atom. The minimum Gasteiger partial charge on any atom is -0.352 e. The van der Waals surface area contributed by atoms with Crippen LogP contribution in [0.1, 0.15) is 6.42 Å². The highest BCUT2D eigenvalue weighted by Crippen LogP contribution is 2.29. The van der Waals surface area contributed by atoms with Gasteiger partial charge >= 0.3 is 0 Å². The molecular formula is C6H11NO2. The first kappa shape index (κ1) is 5.65. The lowest BCUT2D eigenvalue weighted by Gasteiger charge is -2.07. The predicted octanol–water partition coefficient (Wildman–Crippen LogP) is -0.294. The van der Waals surface area contributed by atoms with E-state index in [1.165, 1.54) is 0 Å². The molecule has 2 saturated heterocycles. The molecule has 3 heteroatoms. The standard InChI is InChI=1S/C6H11NO2/c7-5-3-9-6-4(5)1-2-8-6/h4-6H,1-3,7H2/t4-,5-,6+/m1/s1. The Hall–Kier alpha value is -0.120. The summed E-state index contributed by atoms with van der Waals surface area (Å²) in [6, 6.07) is 0.220. The molecule has 9 heavy (non-hydrogen) atoms. The Labute approximate surface area is 54.1 Å². The summed E-state index contributed by atoms with van der Waals surface area (Å²) in [5.41, 5.74) is 5.71. The van der Waals surface area contributed by atoms with Gasteiger partial charge in [0.05, 0.1) is 13.2 Å². The average Bonchev–Trinajstić information content (AvgIpc) is 2.35. The Bertz CT molecular complexity index is 118. The van der Waals surface area contributed by atoms with E-state index < -0.39 is 0 Å². The second kappa shape index (κ2) is 1.94. The Kier molecular flexibility index (Phi) is 1.22. The van der Waals surface area contributed by atoms with Crippen molar-refractivity contribution in [1.29, 1.82) is 0 Å². The van der Waals surface area contributed by atoms with E-state index in [4.69, 9.17) is 15.2 Å². The molecule has 0 amide bonds. The topological polar surface area (TPSA) is 44.5 Å². The molecule has 2 fully saturated rings. The number of nitrogens with two attached hydrogens (primary N) is 1. The van der Waals surface area contributed by atoms with Crippen LogP contribution in [0.25, 0.3) is 0 Å². The molecule has 0 spiro atoms. The van der Waals surface area contributed by atoms with Gasteiger partial charge in [-0.25, -0.2) is 0 Å². The van der Waals surface area contributed by atoms with Crippen molar-refractivity contribution in [3.63, 3.8) is 0 Å². The van der Waals surface area contributed by atoms with Gasteiger partial charge < -0.3 is 15.2 Å². The molecule has 0 bridgehead atoms. The summed E-state index contributed by atoms with van der Waals surface area (Å²) in [6.45, 7) is 1.50. The minimum absolute atomic E-state index is 0.0278. The van der Waals surface area contributed by atoms with E-state index in [1.54, 1.807) is 0 Å². The van der Waals surface area contributed by atoms with Crippen LogP contribution in [-0.4, -0.2) is 25.5 Å². The van der Waals surface area contributed by atoms with Crippen molar-refractivity contribution in [2.45, 2.75) is 18.8 Å². The summed E-state index contributed by atoms with van der Waals surface area (Å²) in [5, 5.41) is 0. The minimum atomic E-state index is 0.0278. The molecule has 0 aliphatic carbocycles. The number of ether oxygens (including phenoxy) is 2. The van der Waals surface area contributed by atoms with Gasteiger partial charge in [-0.1, -0.05) is 0 Å². The zero-order chi connectivity index (χ0) is 6.27. The highest BCUT2D eigenvalue weighted by molar-refractivity contribution is 4.84. The molecule has 2 N–H and O–H groups in total. The molecule has 2 heterocycles. The highest BCUT2D eigenvalue weighted by atomic mass is 16.7. The van der Waals surface area contributed by atoms with Gasteiger partial charge in [-0.3, -0.25) is 0 Å². The Balaban J connectivity index is 2.07. The number of fused-ring (bicyclic) bond motifs is 1. The second-order valence-electron chi connectivity index (χ2n) is 2.69. The summed E-state index contributed by atoms with van der Waals surface area (Å²) in [5.74, 6) is 0.477.